The number of carbonyl (C=O) groups excluding carboxylic acids is 1. The molecule has 1 atom stereocenters. The Kier molecular flexibility index (Phi) is 6.97. The summed E-state index contributed by atoms with van der Waals surface area (Å²) in [5.74, 6) is -0.304. The average molecular weight is 424 g/mol. The maximum atomic E-state index is 12.9. The van der Waals surface area contributed by atoms with Crippen molar-refractivity contribution in [3.05, 3.63) is 95.8 Å². The number of nitrogens with zero attached hydrogens (tertiary/aromatic N) is 2. The van der Waals surface area contributed by atoms with Crippen LogP contribution in [-0.4, -0.2) is 36.7 Å². The molecule has 6 nitrogen and oxygen atoms in total. The lowest BCUT2D eigenvalue weighted by Gasteiger charge is -2.20. The van der Waals surface area contributed by atoms with Gasteiger partial charge in [-0.25, -0.2) is 8.42 Å². The van der Waals surface area contributed by atoms with E-state index in [1.54, 1.807) is 20.0 Å². The molecule has 0 radical (unpaired) electrons. The van der Waals surface area contributed by atoms with Crippen molar-refractivity contribution < 1.29 is 13.2 Å². The van der Waals surface area contributed by atoms with E-state index in [-0.39, 0.29) is 10.8 Å². The predicted molar refractivity (Wildman–Crippen MR) is 117 cm³/mol. The van der Waals surface area contributed by atoms with Crippen molar-refractivity contribution >= 4 is 15.9 Å². The molecule has 0 saturated carbocycles. The maximum Gasteiger partial charge on any atom is 0.252 e. The highest BCUT2D eigenvalue weighted by Crippen LogP contribution is 2.21. The summed E-state index contributed by atoms with van der Waals surface area (Å²) in [6.45, 7) is 4.38. The summed E-state index contributed by atoms with van der Waals surface area (Å²) in [7, 11) is -3.56. The van der Waals surface area contributed by atoms with Crippen LogP contribution in [0.2, 0.25) is 0 Å². The van der Waals surface area contributed by atoms with Crippen molar-refractivity contribution in [1.82, 2.24) is 14.6 Å². The number of hydrogen-bond acceptors (Lipinski definition) is 4. The summed E-state index contributed by atoms with van der Waals surface area (Å²) in [5.41, 5.74) is 2.01. The Morgan fingerprint density at radius 1 is 0.933 bits per heavy atom. The number of pyridine rings is 1. The molecule has 30 heavy (non-hydrogen) atoms. The number of carbonyl (C=O) groups is 1. The highest BCUT2D eigenvalue weighted by molar-refractivity contribution is 7.89. The minimum atomic E-state index is -3.56. The molecule has 1 N–H and O–H groups in total. The summed E-state index contributed by atoms with van der Waals surface area (Å²) in [6, 6.07) is 20.7. The molecular formula is C23H25N3O3S. The minimum Gasteiger partial charge on any atom is -0.340 e. The topological polar surface area (TPSA) is 79.4 Å². The van der Waals surface area contributed by atoms with E-state index in [0.717, 1.165) is 11.3 Å². The molecule has 1 unspecified atom stereocenters. The third-order valence-electron chi connectivity index (χ3n) is 4.85. The molecule has 3 aromatic rings. The van der Waals surface area contributed by atoms with Crippen molar-refractivity contribution in [3.8, 4) is 0 Å². The fraction of sp³-hybridized carbons (Fsp3) is 0.217. The van der Waals surface area contributed by atoms with Crippen molar-refractivity contribution in [2.75, 3.05) is 13.1 Å². The van der Waals surface area contributed by atoms with Gasteiger partial charge in [0.2, 0.25) is 10.0 Å². The molecule has 0 aliphatic carbocycles. The Morgan fingerprint density at radius 2 is 1.57 bits per heavy atom. The monoisotopic (exact) mass is 423 g/mol. The van der Waals surface area contributed by atoms with Crippen molar-refractivity contribution in [3.63, 3.8) is 0 Å². The summed E-state index contributed by atoms with van der Waals surface area (Å²) < 4.78 is 26.7. The molecule has 7 heteroatoms. The van der Waals surface area contributed by atoms with Crippen molar-refractivity contribution in [2.45, 2.75) is 24.8 Å². The largest absolute Gasteiger partial charge is 0.340 e. The molecule has 3 rings (SSSR count). The molecule has 1 aromatic heterocycles. The van der Waals surface area contributed by atoms with Crippen LogP contribution in [-0.2, 0) is 10.0 Å². The van der Waals surface area contributed by atoms with E-state index in [0.29, 0.717) is 18.7 Å². The average Bonchev–Trinajstić information content (AvgIpc) is 2.79. The first-order valence-corrected chi connectivity index (χ1v) is 11.3. The molecule has 0 aliphatic rings. The summed E-state index contributed by atoms with van der Waals surface area (Å²) in [5, 5.41) is 3.01. The smallest absolute Gasteiger partial charge is 0.252 e. The summed E-state index contributed by atoms with van der Waals surface area (Å²) >= 11 is 0. The van der Waals surface area contributed by atoms with Crippen molar-refractivity contribution in [1.29, 1.82) is 0 Å². The predicted octanol–water partition coefficient (Wildman–Crippen LogP) is 3.63. The Balaban J connectivity index is 1.85. The van der Waals surface area contributed by atoms with Gasteiger partial charge in [0.05, 0.1) is 16.6 Å². The highest BCUT2D eigenvalue weighted by atomic mass is 32.2. The van der Waals surface area contributed by atoms with Gasteiger partial charge in [-0.2, -0.15) is 4.31 Å². The van der Waals surface area contributed by atoms with Gasteiger partial charge < -0.3 is 5.32 Å². The van der Waals surface area contributed by atoms with Gasteiger partial charge in [-0.05, 0) is 42.0 Å². The lowest BCUT2D eigenvalue weighted by molar-refractivity contribution is 0.0942. The third-order valence-corrected chi connectivity index (χ3v) is 6.92. The molecule has 1 heterocycles. The van der Waals surface area contributed by atoms with Gasteiger partial charge >= 0.3 is 0 Å². The maximum absolute atomic E-state index is 12.9. The first kappa shape index (κ1) is 21.7. The zero-order chi connectivity index (χ0) is 21.6. The van der Waals surface area contributed by atoms with Gasteiger partial charge in [0.25, 0.3) is 5.91 Å². The SMILES string of the molecule is CCN(CC)S(=O)(=O)c1ccc(C(=O)NC(c2ccccc2)c2ccccn2)cc1. The van der Waals surface area contributed by atoms with E-state index in [9.17, 15) is 13.2 Å². The molecule has 0 spiro atoms. The summed E-state index contributed by atoms with van der Waals surface area (Å²) in [4.78, 5) is 17.5. The number of rotatable bonds is 8. The first-order valence-electron chi connectivity index (χ1n) is 9.84. The van der Waals surface area contributed by atoms with E-state index < -0.39 is 16.1 Å². The molecule has 156 valence electrons. The zero-order valence-electron chi connectivity index (χ0n) is 17.0. The van der Waals surface area contributed by atoms with E-state index in [1.165, 1.54) is 28.6 Å². The standard InChI is InChI=1S/C23H25N3O3S/c1-3-26(4-2)30(28,29)20-15-13-19(14-16-20)23(27)25-22(18-10-6-5-7-11-18)21-12-8-9-17-24-21/h5-17,22H,3-4H2,1-2H3,(H,25,27). The van der Waals surface area contributed by atoms with Crippen LogP contribution >= 0.6 is 0 Å². The van der Waals surface area contributed by atoms with Crippen molar-refractivity contribution in [2.24, 2.45) is 0 Å². The quantitative estimate of drug-likeness (QED) is 0.600. The van der Waals surface area contributed by atoms with Gasteiger partial charge in [0.1, 0.15) is 0 Å². The van der Waals surface area contributed by atoms with Crippen LogP contribution in [0.1, 0.15) is 41.5 Å². The van der Waals surface area contributed by atoms with Crippen LogP contribution in [0.4, 0.5) is 0 Å². The number of nitrogens with one attached hydrogen (secondary N) is 1. The van der Waals surface area contributed by atoms with Crippen LogP contribution in [0.25, 0.3) is 0 Å². The lowest BCUT2D eigenvalue weighted by atomic mass is 10.0. The minimum absolute atomic E-state index is 0.173. The fourth-order valence-electron chi connectivity index (χ4n) is 3.23. The number of aromatic nitrogens is 1. The normalized spacial score (nSPS) is 12.5. The zero-order valence-corrected chi connectivity index (χ0v) is 17.8. The number of sulfonamides is 1. The first-order chi connectivity index (χ1) is 14.5. The molecular weight excluding hydrogens is 398 g/mol. The second kappa shape index (κ2) is 9.65. The van der Waals surface area contributed by atoms with Gasteiger partial charge in [0, 0.05) is 24.8 Å². The van der Waals surface area contributed by atoms with Crippen LogP contribution in [0.3, 0.4) is 0 Å². The molecule has 0 bridgehead atoms. The van der Waals surface area contributed by atoms with Crippen LogP contribution in [0, 0.1) is 0 Å². The number of benzene rings is 2. The van der Waals surface area contributed by atoms with Gasteiger partial charge in [0.15, 0.2) is 0 Å². The van der Waals surface area contributed by atoms with Crippen LogP contribution in [0.15, 0.2) is 83.9 Å². The Morgan fingerprint density at radius 3 is 2.13 bits per heavy atom. The van der Waals surface area contributed by atoms with E-state index in [2.05, 4.69) is 10.3 Å². The second-order valence-corrected chi connectivity index (χ2v) is 8.62. The lowest BCUT2D eigenvalue weighted by Crippen LogP contribution is -2.31. The summed E-state index contributed by atoms with van der Waals surface area (Å²) in [6.07, 6.45) is 1.68. The van der Waals surface area contributed by atoms with Crippen LogP contribution < -0.4 is 5.32 Å². The highest BCUT2D eigenvalue weighted by Gasteiger charge is 2.23. The van der Waals surface area contributed by atoms with E-state index in [1.807, 2.05) is 48.5 Å². The van der Waals surface area contributed by atoms with E-state index >= 15 is 0 Å². The Hall–Kier alpha value is -3.03. The molecule has 2 aromatic carbocycles. The Labute approximate surface area is 177 Å². The fourth-order valence-corrected chi connectivity index (χ4v) is 4.68. The molecule has 1 amide bonds. The van der Waals surface area contributed by atoms with Gasteiger partial charge in [-0.1, -0.05) is 50.2 Å². The molecule has 0 fully saturated rings. The number of amides is 1. The van der Waals surface area contributed by atoms with Gasteiger partial charge in [-0.3, -0.25) is 9.78 Å². The van der Waals surface area contributed by atoms with Crippen LogP contribution in [0.5, 0.6) is 0 Å². The Bertz CT molecular complexity index is 1030. The van der Waals surface area contributed by atoms with Gasteiger partial charge in [-0.15, -0.1) is 0 Å². The van der Waals surface area contributed by atoms with E-state index in [4.69, 9.17) is 0 Å². The molecule has 0 aliphatic heterocycles. The third kappa shape index (κ3) is 4.75. The molecule has 0 saturated heterocycles. The second-order valence-electron chi connectivity index (χ2n) is 6.69. The number of hydrogen-bond donors (Lipinski definition) is 1.